The number of aromatic nitrogens is 1. The zero-order valence-electron chi connectivity index (χ0n) is 10.7. The molecule has 0 unspecified atom stereocenters. The summed E-state index contributed by atoms with van der Waals surface area (Å²) in [6.45, 7) is 2.07. The number of amidine groups is 1. The number of fused-ring (bicyclic) bond motifs is 1. The van der Waals surface area contributed by atoms with Crippen LogP contribution in [0.5, 0.6) is 0 Å². The van der Waals surface area contributed by atoms with Crippen molar-refractivity contribution in [1.29, 1.82) is 0 Å². The minimum absolute atomic E-state index is 0.462. The Hall–Kier alpha value is -1.75. The van der Waals surface area contributed by atoms with Gasteiger partial charge in [0.2, 0.25) is 0 Å². The van der Waals surface area contributed by atoms with Gasteiger partial charge in [0.1, 0.15) is 0 Å². The van der Waals surface area contributed by atoms with Crippen molar-refractivity contribution in [3.05, 3.63) is 35.5 Å². The van der Waals surface area contributed by atoms with Crippen LogP contribution in [-0.4, -0.2) is 22.2 Å². The van der Waals surface area contributed by atoms with Crippen molar-refractivity contribution in [2.45, 2.75) is 6.92 Å². The lowest BCUT2D eigenvalue weighted by Gasteiger charge is -1.97. The van der Waals surface area contributed by atoms with E-state index < -0.39 is 0 Å². The average molecular weight is 260 g/mol. The van der Waals surface area contributed by atoms with E-state index in [-0.39, 0.29) is 0 Å². The topological polar surface area (TPSA) is 55.7 Å². The van der Waals surface area contributed by atoms with Gasteiger partial charge in [-0.2, -0.15) is 5.10 Å². The molecule has 5 heteroatoms. The summed E-state index contributed by atoms with van der Waals surface area (Å²) in [6, 6.07) is 8.25. The van der Waals surface area contributed by atoms with E-state index in [0.29, 0.717) is 5.17 Å². The molecule has 2 N–H and O–H groups in total. The van der Waals surface area contributed by atoms with Gasteiger partial charge in [-0.3, -0.25) is 0 Å². The first kappa shape index (κ1) is 12.7. The van der Waals surface area contributed by atoms with E-state index in [4.69, 9.17) is 5.73 Å². The van der Waals surface area contributed by atoms with Crippen molar-refractivity contribution >= 4 is 34.0 Å². The summed E-state index contributed by atoms with van der Waals surface area (Å²) in [6.07, 6.45) is 3.64. The van der Waals surface area contributed by atoms with E-state index in [0.717, 1.165) is 11.3 Å². The summed E-state index contributed by atoms with van der Waals surface area (Å²) in [7, 11) is 2.05. The lowest BCUT2D eigenvalue weighted by atomic mass is 10.1. The van der Waals surface area contributed by atoms with Crippen LogP contribution in [0, 0.1) is 6.92 Å². The van der Waals surface area contributed by atoms with Crippen molar-refractivity contribution in [2.75, 3.05) is 6.26 Å². The van der Waals surface area contributed by atoms with Crippen LogP contribution in [0.1, 0.15) is 11.3 Å². The zero-order valence-corrected chi connectivity index (χ0v) is 11.5. The zero-order chi connectivity index (χ0) is 13.1. The van der Waals surface area contributed by atoms with Gasteiger partial charge in [0.15, 0.2) is 5.17 Å². The summed E-state index contributed by atoms with van der Waals surface area (Å²) in [5, 5.41) is 9.60. The maximum absolute atomic E-state index is 5.59. The molecule has 2 aromatic rings. The number of hydrogen-bond acceptors (Lipinski definition) is 3. The predicted octanol–water partition coefficient (Wildman–Crippen LogP) is 2.50. The molecule has 0 saturated carbocycles. The maximum Gasteiger partial charge on any atom is 0.180 e. The van der Waals surface area contributed by atoms with Crippen LogP contribution in [0.3, 0.4) is 0 Å². The van der Waals surface area contributed by atoms with Crippen LogP contribution in [0.15, 0.2) is 34.5 Å². The van der Waals surface area contributed by atoms with Crippen molar-refractivity contribution in [3.8, 4) is 0 Å². The first-order valence-electron chi connectivity index (χ1n) is 5.59. The average Bonchev–Trinajstić information content (AvgIpc) is 2.64. The van der Waals surface area contributed by atoms with Gasteiger partial charge >= 0.3 is 0 Å². The molecule has 0 saturated heterocycles. The molecule has 0 aliphatic rings. The molecule has 1 heterocycles. The minimum atomic E-state index is 0.462. The van der Waals surface area contributed by atoms with Crippen LogP contribution < -0.4 is 5.73 Å². The number of benzene rings is 1. The fraction of sp³-hybridized carbons (Fsp3) is 0.231. The Labute approximate surface area is 111 Å². The number of aryl methyl sites for hydroxylation is 1. The second kappa shape index (κ2) is 5.27. The van der Waals surface area contributed by atoms with Crippen LogP contribution in [-0.2, 0) is 7.05 Å². The van der Waals surface area contributed by atoms with Crippen LogP contribution in [0.25, 0.3) is 10.9 Å². The summed E-state index contributed by atoms with van der Waals surface area (Å²) in [5.74, 6) is 0. The lowest BCUT2D eigenvalue weighted by Crippen LogP contribution is -2.04. The smallest absolute Gasteiger partial charge is 0.180 e. The van der Waals surface area contributed by atoms with Gasteiger partial charge in [-0.15, -0.1) is 5.10 Å². The Bertz CT molecular complexity index is 625. The molecule has 94 valence electrons. The molecular formula is C13H16N4S. The second-order valence-electron chi connectivity index (χ2n) is 3.96. The van der Waals surface area contributed by atoms with E-state index in [9.17, 15) is 0 Å². The predicted molar refractivity (Wildman–Crippen MR) is 80.4 cm³/mol. The number of rotatable bonds is 2. The van der Waals surface area contributed by atoms with E-state index >= 15 is 0 Å². The number of thioether (sulfide) groups is 1. The molecular weight excluding hydrogens is 244 g/mol. The van der Waals surface area contributed by atoms with Crippen molar-refractivity contribution in [3.63, 3.8) is 0 Å². The van der Waals surface area contributed by atoms with Gasteiger partial charge < -0.3 is 10.3 Å². The highest BCUT2D eigenvalue weighted by Crippen LogP contribution is 2.23. The van der Waals surface area contributed by atoms with Crippen molar-refractivity contribution in [2.24, 2.45) is 23.0 Å². The van der Waals surface area contributed by atoms with E-state index in [1.165, 1.54) is 22.7 Å². The molecule has 4 nitrogen and oxygen atoms in total. The Morgan fingerprint density at radius 3 is 2.83 bits per heavy atom. The highest BCUT2D eigenvalue weighted by Gasteiger charge is 2.08. The SMILES string of the molecule is CS/C(N)=N/N=C\c1c(C)n(C)c2ccccc12. The van der Waals surface area contributed by atoms with E-state index in [2.05, 4.69) is 40.9 Å². The number of hydrogen-bond donors (Lipinski definition) is 1. The standard InChI is InChI=1S/C13H16N4S/c1-9-11(8-15-16-13(14)18-3)10-6-4-5-7-12(10)17(9)2/h4-8H,1-3H3,(H2,14,16)/b15-8-. The largest absolute Gasteiger partial charge is 0.377 e. The molecule has 0 fully saturated rings. The summed E-state index contributed by atoms with van der Waals surface area (Å²) in [5.41, 5.74) is 9.03. The summed E-state index contributed by atoms with van der Waals surface area (Å²) < 4.78 is 2.15. The minimum Gasteiger partial charge on any atom is -0.377 e. The Morgan fingerprint density at radius 2 is 2.11 bits per heavy atom. The van der Waals surface area contributed by atoms with Crippen LogP contribution >= 0.6 is 11.8 Å². The molecule has 1 aromatic heterocycles. The maximum atomic E-state index is 5.59. The van der Waals surface area contributed by atoms with Crippen molar-refractivity contribution in [1.82, 2.24) is 4.57 Å². The molecule has 0 atom stereocenters. The molecule has 0 aliphatic heterocycles. The first-order chi connectivity index (χ1) is 8.65. The Morgan fingerprint density at radius 1 is 1.39 bits per heavy atom. The number of nitrogens with two attached hydrogens (primary N) is 1. The van der Waals surface area contributed by atoms with Gasteiger partial charge in [0, 0.05) is 29.2 Å². The van der Waals surface area contributed by atoms with Gasteiger partial charge in [-0.25, -0.2) is 0 Å². The molecule has 0 spiro atoms. The lowest BCUT2D eigenvalue weighted by molar-refractivity contribution is 0.916. The third-order valence-corrected chi connectivity index (χ3v) is 3.50. The fourth-order valence-corrected chi connectivity index (χ4v) is 2.03. The molecule has 2 rings (SSSR count). The first-order valence-corrected chi connectivity index (χ1v) is 6.82. The van der Waals surface area contributed by atoms with Crippen LogP contribution in [0.2, 0.25) is 0 Å². The number of para-hydroxylation sites is 1. The normalized spacial score (nSPS) is 12.7. The van der Waals surface area contributed by atoms with Gasteiger partial charge in [0.25, 0.3) is 0 Å². The molecule has 1 aromatic carbocycles. The van der Waals surface area contributed by atoms with Crippen LogP contribution in [0.4, 0.5) is 0 Å². The Kier molecular flexibility index (Phi) is 3.72. The molecule has 0 radical (unpaired) electrons. The highest BCUT2D eigenvalue weighted by atomic mass is 32.2. The highest BCUT2D eigenvalue weighted by molar-refractivity contribution is 8.13. The summed E-state index contributed by atoms with van der Waals surface area (Å²) >= 11 is 1.38. The number of nitrogens with zero attached hydrogens (tertiary/aromatic N) is 3. The second-order valence-corrected chi connectivity index (χ2v) is 4.79. The quantitative estimate of drug-likeness (QED) is 0.512. The molecule has 18 heavy (non-hydrogen) atoms. The molecule has 0 bridgehead atoms. The molecule has 0 aliphatic carbocycles. The van der Waals surface area contributed by atoms with E-state index in [1.807, 2.05) is 18.4 Å². The fourth-order valence-electron chi connectivity index (χ4n) is 1.90. The molecule has 0 amide bonds. The third-order valence-electron chi connectivity index (χ3n) is 3.00. The van der Waals surface area contributed by atoms with Gasteiger partial charge in [-0.1, -0.05) is 30.0 Å². The monoisotopic (exact) mass is 260 g/mol. The third kappa shape index (κ3) is 2.26. The van der Waals surface area contributed by atoms with Gasteiger partial charge in [0.05, 0.1) is 6.21 Å². The van der Waals surface area contributed by atoms with Crippen molar-refractivity contribution < 1.29 is 0 Å². The van der Waals surface area contributed by atoms with Gasteiger partial charge in [-0.05, 0) is 19.2 Å². The summed E-state index contributed by atoms with van der Waals surface area (Å²) in [4.78, 5) is 0. The van der Waals surface area contributed by atoms with E-state index in [1.54, 1.807) is 6.21 Å². The Balaban J connectivity index is 2.48.